The van der Waals surface area contributed by atoms with Gasteiger partial charge >= 0.3 is 0 Å². The van der Waals surface area contributed by atoms with E-state index in [9.17, 15) is 8.42 Å². The zero-order valence-electron chi connectivity index (χ0n) is 14.2. The lowest BCUT2D eigenvalue weighted by atomic mass is 10.1. The SMILES string of the molecule is COc1cc(CN2c3cccc4cccc(c34)S2(=O)=O)c(OC)cc1Br. The van der Waals surface area contributed by atoms with Gasteiger partial charge in [0.2, 0.25) is 0 Å². The van der Waals surface area contributed by atoms with Crippen molar-refractivity contribution in [1.29, 1.82) is 0 Å². The minimum Gasteiger partial charge on any atom is -0.496 e. The van der Waals surface area contributed by atoms with E-state index in [0.29, 0.717) is 22.1 Å². The van der Waals surface area contributed by atoms with Crippen LogP contribution in [0, 0.1) is 0 Å². The number of hydrogen-bond donors (Lipinski definition) is 0. The standard InChI is InChI=1S/C19H16BrNO4S/c1-24-16-10-14(20)17(25-2)9-13(16)11-21-15-7-3-5-12-6-4-8-18(19(12)15)26(21,22)23/h3-10H,11H2,1-2H3. The minimum atomic E-state index is -3.63. The highest BCUT2D eigenvalue weighted by Crippen LogP contribution is 2.44. The van der Waals surface area contributed by atoms with E-state index in [1.807, 2.05) is 24.3 Å². The van der Waals surface area contributed by atoms with Crippen LogP contribution in [0.3, 0.4) is 0 Å². The molecule has 4 rings (SSSR count). The molecule has 0 amide bonds. The number of ether oxygens (including phenoxy) is 2. The van der Waals surface area contributed by atoms with Crippen molar-refractivity contribution in [2.24, 2.45) is 0 Å². The van der Waals surface area contributed by atoms with Gasteiger partial charge in [-0.25, -0.2) is 8.42 Å². The molecule has 26 heavy (non-hydrogen) atoms. The van der Waals surface area contributed by atoms with Gasteiger partial charge in [0.05, 0.1) is 35.8 Å². The third kappa shape index (κ3) is 2.46. The second kappa shape index (κ2) is 6.17. The molecule has 0 radical (unpaired) electrons. The smallest absolute Gasteiger partial charge is 0.265 e. The predicted octanol–water partition coefficient (Wildman–Crippen LogP) is 4.33. The first-order chi connectivity index (χ1) is 12.5. The van der Waals surface area contributed by atoms with E-state index < -0.39 is 10.0 Å². The maximum absolute atomic E-state index is 13.1. The number of halogens is 1. The number of methoxy groups -OCH3 is 2. The van der Waals surface area contributed by atoms with Crippen LogP contribution in [0.1, 0.15) is 5.56 Å². The van der Waals surface area contributed by atoms with Crippen LogP contribution in [0.5, 0.6) is 11.5 Å². The Labute approximate surface area is 160 Å². The van der Waals surface area contributed by atoms with Crippen LogP contribution in [0.25, 0.3) is 10.8 Å². The van der Waals surface area contributed by atoms with Gasteiger partial charge in [-0.3, -0.25) is 4.31 Å². The quantitative estimate of drug-likeness (QED) is 0.614. The van der Waals surface area contributed by atoms with Crippen molar-refractivity contribution in [2.75, 3.05) is 18.5 Å². The van der Waals surface area contributed by atoms with E-state index in [4.69, 9.17) is 9.47 Å². The fraction of sp³-hybridized carbons (Fsp3) is 0.158. The van der Waals surface area contributed by atoms with E-state index >= 15 is 0 Å². The molecule has 0 aromatic heterocycles. The summed E-state index contributed by atoms with van der Waals surface area (Å²) >= 11 is 3.43. The summed E-state index contributed by atoms with van der Waals surface area (Å²) in [5.74, 6) is 1.21. The fourth-order valence-electron chi connectivity index (χ4n) is 3.33. The third-order valence-corrected chi connectivity index (χ3v) is 6.97. The molecule has 0 saturated carbocycles. The Balaban J connectivity index is 1.87. The summed E-state index contributed by atoms with van der Waals surface area (Å²) in [6.07, 6.45) is 0. The van der Waals surface area contributed by atoms with Crippen molar-refractivity contribution in [3.8, 4) is 11.5 Å². The monoisotopic (exact) mass is 433 g/mol. The summed E-state index contributed by atoms with van der Waals surface area (Å²) in [5.41, 5.74) is 1.41. The first-order valence-electron chi connectivity index (χ1n) is 7.92. The molecule has 0 unspecified atom stereocenters. The summed E-state index contributed by atoms with van der Waals surface area (Å²) in [4.78, 5) is 0.341. The molecule has 3 aromatic carbocycles. The van der Waals surface area contributed by atoms with Crippen LogP contribution >= 0.6 is 15.9 Å². The lowest BCUT2D eigenvalue weighted by molar-refractivity contribution is 0.397. The average Bonchev–Trinajstić information content (AvgIpc) is 2.86. The molecule has 1 aliphatic rings. The Bertz CT molecular complexity index is 1120. The molecule has 1 heterocycles. The first-order valence-corrected chi connectivity index (χ1v) is 10.2. The van der Waals surface area contributed by atoms with Gasteiger partial charge in [-0.1, -0.05) is 24.3 Å². The summed E-state index contributed by atoms with van der Waals surface area (Å²) in [7, 11) is -0.496. The number of rotatable bonds is 4. The lowest BCUT2D eigenvalue weighted by Crippen LogP contribution is -2.26. The summed E-state index contributed by atoms with van der Waals surface area (Å²) in [6, 6.07) is 14.5. The topological polar surface area (TPSA) is 55.8 Å². The maximum Gasteiger partial charge on any atom is 0.265 e. The van der Waals surface area contributed by atoms with Gasteiger partial charge in [0.15, 0.2) is 0 Å². The van der Waals surface area contributed by atoms with E-state index in [2.05, 4.69) is 15.9 Å². The van der Waals surface area contributed by atoms with Gasteiger partial charge < -0.3 is 9.47 Å². The van der Waals surface area contributed by atoms with Crippen LogP contribution in [-0.2, 0) is 16.6 Å². The zero-order chi connectivity index (χ0) is 18.5. The van der Waals surface area contributed by atoms with Crippen LogP contribution < -0.4 is 13.8 Å². The summed E-state index contributed by atoms with van der Waals surface area (Å²) in [6.45, 7) is 0.156. The first kappa shape index (κ1) is 17.2. The number of nitrogens with zero attached hydrogens (tertiary/aromatic N) is 1. The van der Waals surface area contributed by atoms with Crippen LogP contribution in [0.4, 0.5) is 5.69 Å². The molecule has 7 heteroatoms. The molecule has 0 saturated heterocycles. The van der Waals surface area contributed by atoms with Gasteiger partial charge in [0.25, 0.3) is 10.0 Å². The van der Waals surface area contributed by atoms with Crippen LogP contribution in [-0.4, -0.2) is 22.6 Å². The van der Waals surface area contributed by atoms with Gasteiger partial charge in [-0.2, -0.15) is 0 Å². The predicted molar refractivity (Wildman–Crippen MR) is 105 cm³/mol. The Morgan fingerprint density at radius 1 is 1.00 bits per heavy atom. The van der Waals surface area contributed by atoms with Crippen molar-refractivity contribution >= 4 is 42.4 Å². The molecule has 0 N–H and O–H groups in total. The zero-order valence-corrected chi connectivity index (χ0v) is 16.6. The van der Waals surface area contributed by atoms with Gasteiger partial charge in [0, 0.05) is 10.9 Å². The second-order valence-corrected chi connectivity index (χ2v) is 8.63. The number of benzene rings is 3. The summed E-state index contributed by atoms with van der Waals surface area (Å²) in [5, 5.41) is 1.67. The molecule has 1 aliphatic heterocycles. The van der Waals surface area contributed by atoms with Crippen molar-refractivity contribution in [3.63, 3.8) is 0 Å². The lowest BCUT2D eigenvalue weighted by Gasteiger charge is -2.21. The molecule has 3 aromatic rings. The molecule has 0 bridgehead atoms. The third-order valence-electron chi connectivity index (χ3n) is 4.55. The van der Waals surface area contributed by atoms with Crippen molar-refractivity contribution in [3.05, 3.63) is 58.6 Å². The van der Waals surface area contributed by atoms with Gasteiger partial charge in [-0.05, 0) is 45.6 Å². The molecule has 5 nitrogen and oxygen atoms in total. The summed E-state index contributed by atoms with van der Waals surface area (Å²) < 4.78 is 39.2. The van der Waals surface area contributed by atoms with Crippen molar-refractivity contribution < 1.29 is 17.9 Å². The highest BCUT2D eigenvalue weighted by atomic mass is 79.9. The Morgan fingerprint density at radius 2 is 1.69 bits per heavy atom. The molecular formula is C19H16BrNO4S. The molecular weight excluding hydrogens is 418 g/mol. The molecule has 0 fully saturated rings. The second-order valence-electron chi connectivity index (χ2n) is 5.94. The molecule has 0 atom stereocenters. The Morgan fingerprint density at radius 3 is 2.38 bits per heavy atom. The van der Waals surface area contributed by atoms with E-state index in [-0.39, 0.29) is 6.54 Å². The minimum absolute atomic E-state index is 0.156. The van der Waals surface area contributed by atoms with Crippen molar-refractivity contribution in [2.45, 2.75) is 11.4 Å². The van der Waals surface area contributed by atoms with E-state index in [0.717, 1.165) is 20.8 Å². The average molecular weight is 434 g/mol. The maximum atomic E-state index is 13.1. The van der Waals surface area contributed by atoms with E-state index in [1.165, 1.54) is 4.31 Å². The number of anilines is 1. The Kier molecular flexibility index (Phi) is 4.08. The normalized spacial score (nSPS) is 14.7. The van der Waals surface area contributed by atoms with Gasteiger partial charge in [0.1, 0.15) is 11.5 Å². The Hall–Kier alpha value is -2.25. The van der Waals surface area contributed by atoms with E-state index in [1.54, 1.807) is 38.5 Å². The highest BCUT2D eigenvalue weighted by molar-refractivity contribution is 9.10. The number of sulfonamides is 1. The van der Waals surface area contributed by atoms with Crippen molar-refractivity contribution in [1.82, 2.24) is 0 Å². The number of hydrogen-bond acceptors (Lipinski definition) is 4. The fourth-order valence-corrected chi connectivity index (χ4v) is 5.50. The highest BCUT2D eigenvalue weighted by Gasteiger charge is 2.36. The molecule has 0 spiro atoms. The molecule has 134 valence electrons. The largest absolute Gasteiger partial charge is 0.496 e. The molecule has 0 aliphatic carbocycles. The van der Waals surface area contributed by atoms with Gasteiger partial charge in [-0.15, -0.1) is 0 Å². The van der Waals surface area contributed by atoms with Crippen LogP contribution in [0.15, 0.2) is 57.9 Å². The van der Waals surface area contributed by atoms with Crippen LogP contribution in [0.2, 0.25) is 0 Å².